The summed E-state index contributed by atoms with van der Waals surface area (Å²) in [6, 6.07) is 12.9. The molecule has 0 unspecified atom stereocenters. The minimum Gasteiger partial charge on any atom is -0.319 e. The van der Waals surface area contributed by atoms with Crippen LogP contribution in [0.2, 0.25) is 0 Å². The van der Waals surface area contributed by atoms with E-state index in [0.717, 1.165) is 18.1 Å². The van der Waals surface area contributed by atoms with E-state index in [1.165, 1.54) is 12.1 Å². The van der Waals surface area contributed by atoms with Gasteiger partial charge in [0.2, 0.25) is 0 Å². The van der Waals surface area contributed by atoms with Crippen LogP contribution in [0.1, 0.15) is 28.4 Å². The molecule has 0 aliphatic heterocycles. The summed E-state index contributed by atoms with van der Waals surface area (Å²) in [4.78, 5) is 12.0. The van der Waals surface area contributed by atoms with Crippen LogP contribution in [0.3, 0.4) is 0 Å². The molecule has 4 heteroatoms. The largest absolute Gasteiger partial charge is 0.319 e. The lowest BCUT2D eigenvalue weighted by Gasteiger charge is -2.07. The number of aryl methyl sites for hydroxylation is 1. The highest BCUT2D eigenvalue weighted by molar-refractivity contribution is 6.04. The first kappa shape index (κ1) is 13.8. The van der Waals surface area contributed by atoms with Gasteiger partial charge in [0.15, 0.2) is 0 Å². The van der Waals surface area contributed by atoms with Crippen molar-refractivity contribution in [1.29, 1.82) is 5.26 Å². The van der Waals surface area contributed by atoms with Crippen molar-refractivity contribution in [3.63, 3.8) is 0 Å². The number of hydrogen-bond acceptors (Lipinski definition) is 2. The molecule has 0 aliphatic rings. The predicted octanol–water partition coefficient (Wildman–Crippen LogP) is 3.51. The zero-order valence-electron chi connectivity index (χ0n) is 11.0. The van der Waals surface area contributed by atoms with Gasteiger partial charge in [-0.3, -0.25) is 4.79 Å². The summed E-state index contributed by atoms with van der Waals surface area (Å²) in [6.07, 6.45) is 0.895. The molecular weight excluding hydrogens is 255 g/mol. The number of carbonyl (C=O) groups excluding carboxylic acids is 1. The van der Waals surface area contributed by atoms with E-state index in [4.69, 9.17) is 5.26 Å². The van der Waals surface area contributed by atoms with E-state index in [2.05, 4.69) is 5.32 Å². The van der Waals surface area contributed by atoms with Crippen LogP contribution in [0.4, 0.5) is 10.1 Å². The molecule has 0 saturated carbocycles. The Morgan fingerprint density at radius 1 is 1.25 bits per heavy atom. The number of nitriles is 1. The smallest absolute Gasteiger partial charge is 0.255 e. The third-order valence-electron chi connectivity index (χ3n) is 2.97. The number of hydrogen-bond donors (Lipinski definition) is 1. The lowest BCUT2D eigenvalue weighted by Crippen LogP contribution is -2.13. The molecular formula is C16H13FN2O. The minimum absolute atomic E-state index is 0.0635. The van der Waals surface area contributed by atoms with E-state index in [1.54, 1.807) is 12.1 Å². The molecule has 100 valence electrons. The number of carbonyl (C=O) groups is 1. The molecule has 3 nitrogen and oxygen atoms in total. The summed E-state index contributed by atoms with van der Waals surface area (Å²) >= 11 is 0. The number of amides is 1. The number of halogens is 1. The van der Waals surface area contributed by atoms with Gasteiger partial charge < -0.3 is 5.32 Å². The van der Waals surface area contributed by atoms with Crippen molar-refractivity contribution < 1.29 is 9.18 Å². The van der Waals surface area contributed by atoms with Crippen molar-refractivity contribution in [3.8, 4) is 6.07 Å². The summed E-state index contributed by atoms with van der Waals surface area (Å²) in [7, 11) is 0. The third kappa shape index (κ3) is 3.01. The van der Waals surface area contributed by atoms with Gasteiger partial charge in [-0.1, -0.05) is 19.1 Å². The zero-order chi connectivity index (χ0) is 14.5. The number of nitrogens with one attached hydrogen (secondary N) is 1. The van der Waals surface area contributed by atoms with Crippen molar-refractivity contribution in [2.24, 2.45) is 0 Å². The van der Waals surface area contributed by atoms with Crippen LogP contribution in [0.25, 0.3) is 0 Å². The summed E-state index contributed by atoms with van der Waals surface area (Å²) in [5.41, 5.74) is 1.87. The first-order valence-electron chi connectivity index (χ1n) is 6.24. The monoisotopic (exact) mass is 268 g/mol. The quantitative estimate of drug-likeness (QED) is 0.926. The third-order valence-corrected chi connectivity index (χ3v) is 2.97. The number of rotatable bonds is 3. The molecule has 1 amide bonds. The standard InChI is InChI=1S/C16H13FN2O/c1-2-11-3-6-13(7-4-11)16(20)19-15-8-5-12(10-18)9-14(15)17/h3-9H,2H2,1H3,(H,19,20). The van der Waals surface area contributed by atoms with Gasteiger partial charge in [-0.25, -0.2) is 4.39 Å². The molecule has 0 saturated heterocycles. The minimum atomic E-state index is -0.623. The van der Waals surface area contributed by atoms with Gasteiger partial charge in [0.25, 0.3) is 5.91 Å². The van der Waals surface area contributed by atoms with Crippen molar-refractivity contribution in [2.45, 2.75) is 13.3 Å². The van der Waals surface area contributed by atoms with Gasteiger partial charge >= 0.3 is 0 Å². The molecule has 0 atom stereocenters. The van der Waals surface area contributed by atoms with Crippen LogP contribution in [0.15, 0.2) is 42.5 Å². The van der Waals surface area contributed by atoms with E-state index in [0.29, 0.717) is 5.56 Å². The van der Waals surface area contributed by atoms with Gasteiger partial charge in [0.05, 0.1) is 17.3 Å². The van der Waals surface area contributed by atoms with Gasteiger partial charge in [-0.05, 0) is 42.3 Å². The number of benzene rings is 2. The first-order valence-corrected chi connectivity index (χ1v) is 6.24. The fraction of sp³-hybridized carbons (Fsp3) is 0.125. The topological polar surface area (TPSA) is 52.9 Å². The Hall–Kier alpha value is -2.67. The molecule has 0 spiro atoms. The second-order valence-electron chi connectivity index (χ2n) is 4.31. The highest BCUT2D eigenvalue weighted by Gasteiger charge is 2.09. The maximum atomic E-state index is 13.7. The molecule has 2 aromatic carbocycles. The summed E-state index contributed by atoms with van der Waals surface area (Å²) in [5, 5.41) is 11.2. The Labute approximate surface area is 116 Å². The maximum absolute atomic E-state index is 13.7. The summed E-state index contributed by atoms with van der Waals surface area (Å²) < 4.78 is 13.7. The van der Waals surface area contributed by atoms with Gasteiger partial charge in [-0.15, -0.1) is 0 Å². The Morgan fingerprint density at radius 3 is 2.50 bits per heavy atom. The van der Waals surface area contributed by atoms with Crippen LogP contribution >= 0.6 is 0 Å². The molecule has 0 radical (unpaired) electrons. The van der Waals surface area contributed by atoms with Crippen LogP contribution in [-0.2, 0) is 6.42 Å². The van der Waals surface area contributed by atoms with Crippen molar-refractivity contribution in [3.05, 3.63) is 65.0 Å². The Morgan fingerprint density at radius 2 is 1.95 bits per heavy atom. The highest BCUT2D eigenvalue weighted by atomic mass is 19.1. The number of nitrogens with zero attached hydrogens (tertiary/aromatic N) is 1. The number of anilines is 1. The van der Waals surface area contributed by atoms with E-state index in [9.17, 15) is 9.18 Å². The molecule has 0 aliphatic carbocycles. The average Bonchev–Trinajstić information content (AvgIpc) is 2.49. The van der Waals surface area contributed by atoms with E-state index < -0.39 is 5.82 Å². The van der Waals surface area contributed by atoms with Crippen LogP contribution in [-0.4, -0.2) is 5.91 Å². The van der Waals surface area contributed by atoms with Gasteiger partial charge in [-0.2, -0.15) is 5.26 Å². The summed E-state index contributed by atoms with van der Waals surface area (Å²) in [6.45, 7) is 2.03. The maximum Gasteiger partial charge on any atom is 0.255 e. The van der Waals surface area contributed by atoms with Crippen molar-refractivity contribution >= 4 is 11.6 Å². The average molecular weight is 268 g/mol. The lowest BCUT2D eigenvalue weighted by atomic mass is 10.1. The molecule has 0 heterocycles. The van der Waals surface area contributed by atoms with Crippen LogP contribution < -0.4 is 5.32 Å². The molecule has 1 N–H and O–H groups in total. The normalized spacial score (nSPS) is 9.85. The van der Waals surface area contributed by atoms with E-state index in [-0.39, 0.29) is 17.2 Å². The van der Waals surface area contributed by atoms with Crippen LogP contribution in [0.5, 0.6) is 0 Å². The first-order chi connectivity index (χ1) is 9.63. The van der Waals surface area contributed by atoms with Crippen LogP contribution in [0, 0.1) is 17.1 Å². The molecule has 0 aromatic heterocycles. The fourth-order valence-electron chi connectivity index (χ4n) is 1.77. The molecule has 20 heavy (non-hydrogen) atoms. The molecule has 0 bridgehead atoms. The SMILES string of the molecule is CCc1ccc(C(=O)Nc2ccc(C#N)cc2F)cc1. The van der Waals surface area contributed by atoms with Crippen molar-refractivity contribution in [1.82, 2.24) is 0 Å². The predicted molar refractivity (Wildman–Crippen MR) is 74.9 cm³/mol. The fourth-order valence-corrected chi connectivity index (χ4v) is 1.77. The highest BCUT2D eigenvalue weighted by Crippen LogP contribution is 2.16. The zero-order valence-corrected chi connectivity index (χ0v) is 11.0. The van der Waals surface area contributed by atoms with Gasteiger partial charge in [0.1, 0.15) is 5.82 Å². The van der Waals surface area contributed by atoms with E-state index >= 15 is 0 Å². The second-order valence-corrected chi connectivity index (χ2v) is 4.31. The van der Waals surface area contributed by atoms with E-state index in [1.807, 2.05) is 25.1 Å². The molecule has 2 aromatic rings. The lowest BCUT2D eigenvalue weighted by molar-refractivity contribution is 0.102. The van der Waals surface area contributed by atoms with Crippen molar-refractivity contribution in [2.75, 3.05) is 5.32 Å². The second kappa shape index (κ2) is 5.98. The Balaban J connectivity index is 2.17. The Kier molecular flexibility index (Phi) is 4.11. The summed E-state index contributed by atoms with van der Waals surface area (Å²) in [5.74, 6) is -1.00. The molecule has 2 rings (SSSR count). The Bertz CT molecular complexity index is 672. The van der Waals surface area contributed by atoms with Gasteiger partial charge in [0, 0.05) is 5.56 Å². The molecule has 0 fully saturated rings.